The fraction of sp³-hybridized carbons (Fsp3) is 0.571. The second kappa shape index (κ2) is 11.1. The third-order valence-corrected chi connectivity index (χ3v) is 20.8. The standard InChI is InChI=1S/C9H7O.3C4H9.Sn/c1-2-8-3-5-9(7-10)6-4-8;3*1-3-4-2;/h3-7H,1H2;3*1,3-4H2,2H3;. The van der Waals surface area contributed by atoms with Gasteiger partial charge < -0.3 is 0 Å². The molecule has 0 bridgehead atoms. The molecule has 128 valence electrons. The van der Waals surface area contributed by atoms with E-state index in [1.807, 2.05) is 12.1 Å². The van der Waals surface area contributed by atoms with Gasteiger partial charge in [-0.1, -0.05) is 0 Å². The van der Waals surface area contributed by atoms with Crippen LogP contribution in [0.25, 0.3) is 3.59 Å². The van der Waals surface area contributed by atoms with Crippen LogP contribution in [-0.2, 0) is 0 Å². The van der Waals surface area contributed by atoms with E-state index in [1.54, 1.807) is 0 Å². The molecule has 0 amide bonds. The van der Waals surface area contributed by atoms with Crippen LogP contribution in [0.4, 0.5) is 0 Å². The maximum absolute atomic E-state index is 10.9. The van der Waals surface area contributed by atoms with Crippen molar-refractivity contribution in [3.05, 3.63) is 42.0 Å². The molecule has 0 N–H and O–H groups in total. The van der Waals surface area contributed by atoms with Crippen molar-refractivity contribution in [2.75, 3.05) is 0 Å². The van der Waals surface area contributed by atoms with Crippen LogP contribution in [-0.4, -0.2) is 24.7 Å². The Hall–Kier alpha value is -0.571. The molecule has 1 aromatic carbocycles. The van der Waals surface area contributed by atoms with Crippen LogP contribution in [0.5, 0.6) is 0 Å². The summed E-state index contributed by atoms with van der Waals surface area (Å²) in [4.78, 5) is 10.9. The first-order valence-corrected chi connectivity index (χ1v) is 16.9. The summed E-state index contributed by atoms with van der Waals surface area (Å²) in [6, 6.07) is 8.15. The van der Waals surface area contributed by atoms with E-state index in [4.69, 9.17) is 0 Å². The number of rotatable bonds is 12. The van der Waals surface area contributed by atoms with Crippen molar-refractivity contribution < 1.29 is 4.79 Å². The summed E-state index contributed by atoms with van der Waals surface area (Å²) in [6.07, 6.45) is 8.85. The SMILES string of the molecule is C=[C](c1ccc(C=O)cc1)[Sn]([CH2]CCC)([CH2]CCC)[CH2]CCC. The molecular formula is C21H34OSn. The number of carbonyl (C=O) groups excluding carboxylic acids is 1. The van der Waals surface area contributed by atoms with Crippen LogP contribution in [0.3, 0.4) is 0 Å². The molecule has 23 heavy (non-hydrogen) atoms. The van der Waals surface area contributed by atoms with Gasteiger partial charge >= 0.3 is 148 Å². The third kappa shape index (κ3) is 6.10. The summed E-state index contributed by atoms with van der Waals surface area (Å²) in [5.41, 5.74) is 2.06. The van der Waals surface area contributed by atoms with Crippen molar-refractivity contribution in [3.8, 4) is 0 Å². The summed E-state index contributed by atoms with van der Waals surface area (Å²) in [7, 11) is 0. The molecule has 0 aromatic heterocycles. The predicted molar refractivity (Wildman–Crippen MR) is 106 cm³/mol. The van der Waals surface area contributed by atoms with E-state index in [0.29, 0.717) is 0 Å². The Morgan fingerprint density at radius 3 is 1.70 bits per heavy atom. The Morgan fingerprint density at radius 1 is 0.913 bits per heavy atom. The summed E-state index contributed by atoms with van der Waals surface area (Å²) in [6.45, 7) is 11.5. The average molecular weight is 421 g/mol. The third-order valence-electron chi connectivity index (χ3n) is 5.06. The van der Waals surface area contributed by atoms with Gasteiger partial charge in [-0.3, -0.25) is 0 Å². The van der Waals surface area contributed by atoms with Gasteiger partial charge in [0.2, 0.25) is 0 Å². The van der Waals surface area contributed by atoms with E-state index in [1.165, 1.54) is 61.0 Å². The normalized spacial score (nSPS) is 11.4. The molecule has 0 radical (unpaired) electrons. The van der Waals surface area contributed by atoms with Crippen molar-refractivity contribution >= 4 is 28.3 Å². The van der Waals surface area contributed by atoms with E-state index >= 15 is 0 Å². The molecule has 0 aliphatic rings. The van der Waals surface area contributed by atoms with Crippen LogP contribution >= 0.6 is 0 Å². The average Bonchev–Trinajstić information content (AvgIpc) is 2.61. The van der Waals surface area contributed by atoms with Gasteiger partial charge in [-0.05, 0) is 0 Å². The van der Waals surface area contributed by atoms with E-state index in [-0.39, 0.29) is 0 Å². The van der Waals surface area contributed by atoms with Crippen molar-refractivity contribution in [2.45, 2.75) is 72.6 Å². The van der Waals surface area contributed by atoms with Gasteiger partial charge in [0.15, 0.2) is 0 Å². The molecule has 0 saturated carbocycles. The van der Waals surface area contributed by atoms with Gasteiger partial charge in [-0.25, -0.2) is 0 Å². The minimum atomic E-state index is -2.40. The molecule has 0 heterocycles. The van der Waals surface area contributed by atoms with Crippen molar-refractivity contribution in [1.29, 1.82) is 0 Å². The topological polar surface area (TPSA) is 17.1 Å². The Balaban J connectivity index is 3.09. The van der Waals surface area contributed by atoms with Gasteiger partial charge in [-0.15, -0.1) is 0 Å². The Bertz CT molecular complexity index is 453. The van der Waals surface area contributed by atoms with Gasteiger partial charge in [0.05, 0.1) is 0 Å². The van der Waals surface area contributed by atoms with Crippen LogP contribution in [0.1, 0.15) is 75.2 Å². The summed E-state index contributed by atoms with van der Waals surface area (Å²) in [5, 5.41) is 0. The molecule has 0 atom stereocenters. The Morgan fingerprint density at radius 2 is 1.35 bits per heavy atom. The van der Waals surface area contributed by atoms with Crippen LogP contribution in [0.2, 0.25) is 13.3 Å². The second-order valence-corrected chi connectivity index (χ2v) is 20.1. The summed E-state index contributed by atoms with van der Waals surface area (Å²) >= 11 is -2.40. The minimum absolute atomic E-state index is 0.762. The molecule has 0 aliphatic carbocycles. The quantitative estimate of drug-likeness (QED) is 0.265. The van der Waals surface area contributed by atoms with Crippen LogP contribution in [0, 0.1) is 0 Å². The molecule has 0 unspecified atom stereocenters. The summed E-state index contributed by atoms with van der Waals surface area (Å²) < 4.78 is 5.82. The molecule has 1 aromatic rings. The van der Waals surface area contributed by atoms with E-state index in [9.17, 15) is 4.79 Å². The molecule has 0 saturated heterocycles. The Kier molecular flexibility index (Phi) is 9.85. The van der Waals surface area contributed by atoms with E-state index < -0.39 is 18.4 Å². The first kappa shape index (κ1) is 20.5. The van der Waals surface area contributed by atoms with Crippen LogP contribution < -0.4 is 0 Å². The molecule has 1 nitrogen and oxygen atoms in total. The number of hydrogen-bond donors (Lipinski definition) is 0. The number of carbonyl (C=O) groups is 1. The summed E-state index contributed by atoms with van der Waals surface area (Å²) in [5.74, 6) is 0. The molecule has 0 spiro atoms. The molecular weight excluding hydrogens is 387 g/mol. The van der Waals surface area contributed by atoms with E-state index in [0.717, 1.165) is 11.8 Å². The number of hydrogen-bond acceptors (Lipinski definition) is 1. The first-order valence-electron chi connectivity index (χ1n) is 9.38. The first-order chi connectivity index (χ1) is 11.1. The zero-order valence-corrected chi connectivity index (χ0v) is 18.2. The van der Waals surface area contributed by atoms with Gasteiger partial charge in [0.1, 0.15) is 0 Å². The van der Waals surface area contributed by atoms with Gasteiger partial charge in [-0.2, -0.15) is 0 Å². The fourth-order valence-electron chi connectivity index (χ4n) is 3.44. The monoisotopic (exact) mass is 422 g/mol. The maximum atomic E-state index is 10.9. The fourth-order valence-corrected chi connectivity index (χ4v) is 19.2. The predicted octanol–water partition coefficient (Wildman–Crippen LogP) is 6.90. The number of unbranched alkanes of at least 4 members (excludes halogenated alkanes) is 3. The molecule has 0 aliphatic heterocycles. The molecule has 0 fully saturated rings. The van der Waals surface area contributed by atoms with E-state index in [2.05, 4.69) is 39.5 Å². The van der Waals surface area contributed by atoms with Crippen molar-refractivity contribution in [2.24, 2.45) is 0 Å². The zero-order valence-electron chi connectivity index (χ0n) is 15.4. The Labute approximate surface area is 147 Å². The molecule has 2 heteroatoms. The zero-order chi connectivity index (χ0) is 17.1. The van der Waals surface area contributed by atoms with Gasteiger partial charge in [0.25, 0.3) is 0 Å². The van der Waals surface area contributed by atoms with Crippen LogP contribution in [0.15, 0.2) is 30.8 Å². The second-order valence-electron chi connectivity index (χ2n) is 6.81. The van der Waals surface area contributed by atoms with Gasteiger partial charge in [0, 0.05) is 0 Å². The number of benzene rings is 1. The number of aldehydes is 1. The molecule has 1 rings (SSSR count). The van der Waals surface area contributed by atoms with Crippen molar-refractivity contribution in [1.82, 2.24) is 0 Å². The van der Waals surface area contributed by atoms with Crippen molar-refractivity contribution in [3.63, 3.8) is 0 Å².